The predicted molar refractivity (Wildman–Crippen MR) is 132 cm³/mol. The standard InChI is InChI=1S/C26H29N5O3/c1-3-21(30-26-18(2)5-4-11-28-26)10-14-34-22-6-7-23-20(15-22)17-29-31(23)24(16-25(32)33)19-8-12-27-13-9-19/h3,6-9,12-13,15,17,24,28H,1,4-5,10-11,14,16H2,2H3,(H,32,33). The molecule has 2 aromatic heterocycles. The molecule has 34 heavy (non-hydrogen) atoms. The maximum Gasteiger partial charge on any atom is 0.305 e. The van der Waals surface area contributed by atoms with E-state index in [1.165, 1.54) is 5.57 Å². The first-order valence-corrected chi connectivity index (χ1v) is 11.4. The Kier molecular flexibility index (Phi) is 7.37. The Morgan fingerprint density at radius 3 is 2.91 bits per heavy atom. The Morgan fingerprint density at radius 2 is 2.18 bits per heavy atom. The highest BCUT2D eigenvalue weighted by atomic mass is 16.5. The molecule has 1 aromatic carbocycles. The van der Waals surface area contributed by atoms with Crippen LogP contribution in [0.25, 0.3) is 10.9 Å². The van der Waals surface area contributed by atoms with Gasteiger partial charge in [0.05, 0.1) is 30.8 Å². The van der Waals surface area contributed by atoms with E-state index in [0.717, 1.165) is 53.1 Å². The van der Waals surface area contributed by atoms with Crippen molar-refractivity contribution in [3.63, 3.8) is 0 Å². The van der Waals surface area contributed by atoms with Gasteiger partial charge in [-0.25, -0.2) is 4.99 Å². The van der Waals surface area contributed by atoms with Crippen LogP contribution in [0.4, 0.5) is 0 Å². The van der Waals surface area contributed by atoms with Crippen LogP contribution in [0.2, 0.25) is 0 Å². The summed E-state index contributed by atoms with van der Waals surface area (Å²) in [4.78, 5) is 20.3. The van der Waals surface area contributed by atoms with Gasteiger partial charge in [-0.3, -0.25) is 14.5 Å². The SMILES string of the molecule is C=CC(CCOc1ccc2c(cnn2C(CC(=O)O)c2ccncc2)c1)=NC1=C(C)CCCN1. The lowest BCUT2D eigenvalue weighted by Crippen LogP contribution is -2.21. The molecule has 0 amide bonds. The second-order valence-corrected chi connectivity index (χ2v) is 8.27. The smallest absolute Gasteiger partial charge is 0.305 e. The topological polar surface area (TPSA) is 102 Å². The number of carboxylic acid groups (broad SMARTS) is 1. The Hall–Kier alpha value is -3.94. The molecule has 176 valence electrons. The van der Waals surface area contributed by atoms with Crippen molar-refractivity contribution in [2.24, 2.45) is 4.99 Å². The van der Waals surface area contributed by atoms with E-state index in [-0.39, 0.29) is 6.42 Å². The zero-order chi connectivity index (χ0) is 23.9. The molecule has 0 aliphatic carbocycles. The van der Waals surface area contributed by atoms with Crippen LogP contribution in [0.3, 0.4) is 0 Å². The van der Waals surface area contributed by atoms with Crippen LogP contribution in [0.5, 0.6) is 5.75 Å². The van der Waals surface area contributed by atoms with Crippen LogP contribution in [0, 0.1) is 0 Å². The molecule has 1 atom stereocenters. The summed E-state index contributed by atoms with van der Waals surface area (Å²) in [6.45, 7) is 7.41. The Bertz CT molecular complexity index is 1230. The van der Waals surface area contributed by atoms with Gasteiger partial charge in [0.2, 0.25) is 0 Å². The lowest BCUT2D eigenvalue weighted by molar-refractivity contribution is -0.137. The molecule has 0 radical (unpaired) electrons. The van der Waals surface area contributed by atoms with Crippen LogP contribution < -0.4 is 10.1 Å². The Morgan fingerprint density at radius 1 is 1.35 bits per heavy atom. The number of nitrogens with zero attached hydrogens (tertiary/aromatic N) is 4. The monoisotopic (exact) mass is 459 g/mol. The molecule has 1 unspecified atom stereocenters. The second-order valence-electron chi connectivity index (χ2n) is 8.27. The predicted octanol–water partition coefficient (Wildman–Crippen LogP) is 4.51. The van der Waals surface area contributed by atoms with Gasteiger partial charge < -0.3 is 15.2 Å². The number of carboxylic acids is 1. The van der Waals surface area contributed by atoms with Crippen LogP contribution in [0.1, 0.15) is 44.2 Å². The van der Waals surface area contributed by atoms with E-state index < -0.39 is 12.0 Å². The number of benzene rings is 1. The molecule has 3 aromatic rings. The molecule has 0 saturated heterocycles. The minimum absolute atomic E-state index is 0.0759. The quantitative estimate of drug-likeness (QED) is 0.433. The summed E-state index contributed by atoms with van der Waals surface area (Å²) in [5.74, 6) is 0.778. The maximum absolute atomic E-state index is 11.5. The number of aromatic nitrogens is 3. The number of hydrogen-bond acceptors (Lipinski definition) is 6. The van der Waals surface area contributed by atoms with Gasteiger partial charge in [-0.15, -0.1) is 0 Å². The van der Waals surface area contributed by atoms with Crippen molar-refractivity contribution < 1.29 is 14.6 Å². The van der Waals surface area contributed by atoms with Crippen molar-refractivity contribution in [1.29, 1.82) is 0 Å². The molecule has 1 aliphatic rings. The summed E-state index contributed by atoms with van der Waals surface area (Å²) in [5, 5.41) is 18.2. The van der Waals surface area contributed by atoms with Gasteiger partial charge >= 0.3 is 5.97 Å². The highest BCUT2D eigenvalue weighted by Crippen LogP contribution is 2.28. The van der Waals surface area contributed by atoms with Crippen molar-refractivity contribution >= 4 is 22.6 Å². The molecule has 3 heterocycles. The third-order valence-corrected chi connectivity index (χ3v) is 5.86. The average molecular weight is 460 g/mol. The molecule has 4 rings (SSSR count). The lowest BCUT2D eigenvalue weighted by atomic mass is 10.1. The van der Waals surface area contributed by atoms with Crippen LogP contribution >= 0.6 is 0 Å². The van der Waals surface area contributed by atoms with Gasteiger partial charge in [0, 0.05) is 36.5 Å². The second kappa shape index (κ2) is 10.8. The van der Waals surface area contributed by atoms with E-state index in [0.29, 0.717) is 13.0 Å². The molecule has 8 nitrogen and oxygen atoms in total. The molecule has 0 bridgehead atoms. The van der Waals surface area contributed by atoms with Gasteiger partial charge in [0.1, 0.15) is 11.6 Å². The van der Waals surface area contributed by atoms with E-state index in [4.69, 9.17) is 9.73 Å². The van der Waals surface area contributed by atoms with E-state index in [2.05, 4.69) is 28.9 Å². The van der Waals surface area contributed by atoms with E-state index in [9.17, 15) is 9.90 Å². The van der Waals surface area contributed by atoms with Gasteiger partial charge in [-0.1, -0.05) is 6.58 Å². The van der Waals surface area contributed by atoms with E-state index in [1.807, 2.05) is 30.3 Å². The molecule has 8 heteroatoms. The van der Waals surface area contributed by atoms with Crippen LogP contribution in [0.15, 0.2) is 78.0 Å². The zero-order valence-corrected chi connectivity index (χ0v) is 19.3. The number of pyridine rings is 1. The number of aliphatic imine (C=N–C) groups is 1. The summed E-state index contributed by atoms with van der Waals surface area (Å²) in [6.07, 6.45) is 9.59. The first kappa shape index (κ1) is 23.2. The number of fused-ring (bicyclic) bond motifs is 1. The van der Waals surface area contributed by atoms with Crippen molar-refractivity contribution in [2.45, 2.75) is 38.6 Å². The summed E-state index contributed by atoms with van der Waals surface area (Å²) in [5.41, 5.74) is 3.83. The summed E-state index contributed by atoms with van der Waals surface area (Å²) < 4.78 is 7.73. The molecule has 0 fully saturated rings. The molecule has 0 spiro atoms. The van der Waals surface area contributed by atoms with Gasteiger partial charge in [-0.2, -0.15) is 5.10 Å². The number of carbonyl (C=O) groups is 1. The third-order valence-electron chi connectivity index (χ3n) is 5.86. The van der Waals surface area contributed by atoms with Crippen molar-refractivity contribution in [3.8, 4) is 5.75 Å². The molecule has 0 saturated carbocycles. The minimum atomic E-state index is -0.889. The molecule has 1 aliphatic heterocycles. The van der Waals surface area contributed by atoms with Crippen LogP contribution in [-0.4, -0.2) is 44.7 Å². The number of rotatable bonds is 10. The highest BCUT2D eigenvalue weighted by Gasteiger charge is 2.20. The zero-order valence-electron chi connectivity index (χ0n) is 19.3. The van der Waals surface area contributed by atoms with Gasteiger partial charge in [0.15, 0.2) is 0 Å². The van der Waals surface area contributed by atoms with Gasteiger partial charge in [-0.05, 0) is 67.3 Å². The number of nitrogens with one attached hydrogen (secondary N) is 1. The summed E-state index contributed by atoms with van der Waals surface area (Å²) >= 11 is 0. The number of aliphatic carboxylic acids is 1. The highest BCUT2D eigenvalue weighted by molar-refractivity contribution is 5.95. The Balaban J connectivity index is 1.47. The summed E-state index contributed by atoms with van der Waals surface area (Å²) in [6, 6.07) is 8.92. The number of hydrogen-bond donors (Lipinski definition) is 2. The van der Waals surface area contributed by atoms with Crippen LogP contribution in [-0.2, 0) is 4.79 Å². The first-order valence-electron chi connectivity index (χ1n) is 11.4. The largest absolute Gasteiger partial charge is 0.493 e. The van der Waals surface area contributed by atoms with Crippen molar-refractivity contribution in [2.75, 3.05) is 13.2 Å². The summed E-state index contributed by atoms with van der Waals surface area (Å²) in [7, 11) is 0. The number of ether oxygens (including phenoxy) is 1. The van der Waals surface area contributed by atoms with E-state index in [1.54, 1.807) is 29.3 Å². The van der Waals surface area contributed by atoms with E-state index >= 15 is 0 Å². The first-order chi connectivity index (χ1) is 16.5. The molecular weight excluding hydrogens is 430 g/mol. The number of allylic oxidation sites excluding steroid dienone is 2. The average Bonchev–Trinajstić information content (AvgIpc) is 3.26. The molecule has 2 N–H and O–H groups in total. The fourth-order valence-corrected chi connectivity index (χ4v) is 4.05. The fraction of sp³-hybridized carbons (Fsp3) is 0.308. The minimum Gasteiger partial charge on any atom is -0.493 e. The van der Waals surface area contributed by atoms with Crippen molar-refractivity contribution in [3.05, 3.63) is 78.5 Å². The molecular formula is C26H29N5O3. The maximum atomic E-state index is 11.5. The fourth-order valence-electron chi connectivity index (χ4n) is 4.05. The third kappa shape index (κ3) is 5.51. The van der Waals surface area contributed by atoms with Gasteiger partial charge in [0.25, 0.3) is 0 Å². The normalized spacial score (nSPS) is 15.1. The van der Waals surface area contributed by atoms with Crippen molar-refractivity contribution in [1.82, 2.24) is 20.1 Å². The lowest BCUT2D eigenvalue weighted by Gasteiger charge is -2.17. The Labute approximate surface area is 198 Å².